The Labute approximate surface area is 121 Å². The van der Waals surface area contributed by atoms with Gasteiger partial charge < -0.3 is 14.9 Å². The number of piperidine rings is 1. The summed E-state index contributed by atoms with van der Waals surface area (Å²) in [5, 5.41) is 9.94. The Morgan fingerprint density at radius 2 is 2.05 bits per heavy atom. The molecule has 1 aromatic rings. The van der Waals surface area contributed by atoms with Crippen molar-refractivity contribution in [1.29, 1.82) is 0 Å². The summed E-state index contributed by atoms with van der Waals surface area (Å²) in [5.41, 5.74) is 1.09. The Morgan fingerprint density at radius 3 is 2.60 bits per heavy atom. The zero-order valence-electron chi connectivity index (χ0n) is 13.0. The largest absolute Gasteiger partial charge is 0.393 e. The molecule has 112 valence electrons. The molecule has 1 aromatic heterocycles. The first kappa shape index (κ1) is 15.0. The minimum absolute atomic E-state index is 0.159. The number of anilines is 2. The van der Waals surface area contributed by atoms with Gasteiger partial charge in [-0.15, -0.1) is 0 Å². The third-order valence-corrected chi connectivity index (χ3v) is 4.14. The van der Waals surface area contributed by atoms with Crippen LogP contribution in [0.1, 0.15) is 31.7 Å². The summed E-state index contributed by atoms with van der Waals surface area (Å²) in [4.78, 5) is 13.4. The van der Waals surface area contributed by atoms with Crippen LogP contribution < -0.4 is 9.80 Å². The molecular formula is C15H26N4O. The van der Waals surface area contributed by atoms with Gasteiger partial charge in [0.05, 0.1) is 6.10 Å². The van der Waals surface area contributed by atoms with Crippen LogP contribution in [0.3, 0.4) is 0 Å². The van der Waals surface area contributed by atoms with Gasteiger partial charge in [-0.1, -0.05) is 6.92 Å². The molecule has 1 aliphatic rings. The summed E-state index contributed by atoms with van der Waals surface area (Å²) in [7, 11) is 4.01. The summed E-state index contributed by atoms with van der Waals surface area (Å²) in [6, 6.07) is 0. The zero-order chi connectivity index (χ0) is 14.7. The van der Waals surface area contributed by atoms with Crippen LogP contribution in [-0.2, 0) is 0 Å². The van der Waals surface area contributed by atoms with E-state index in [1.54, 1.807) is 0 Å². The molecule has 0 saturated carbocycles. The molecular weight excluding hydrogens is 252 g/mol. The van der Waals surface area contributed by atoms with E-state index in [4.69, 9.17) is 0 Å². The molecule has 1 saturated heterocycles. The normalized spacial score (nSPS) is 18.1. The van der Waals surface area contributed by atoms with E-state index in [-0.39, 0.29) is 6.10 Å². The third kappa shape index (κ3) is 3.20. The quantitative estimate of drug-likeness (QED) is 0.911. The van der Waals surface area contributed by atoms with Crippen molar-refractivity contribution in [3.8, 4) is 0 Å². The molecule has 5 heteroatoms. The van der Waals surface area contributed by atoms with Crippen molar-refractivity contribution in [2.75, 3.05) is 37.0 Å². The molecule has 20 heavy (non-hydrogen) atoms. The first-order valence-corrected chi connectivity index (χ1v) is 7.47. The van der Waals surface area contributed by atoms with Crippen LogP contribution in [0.4, 0.5) is 11.8 Å². The highest BCUT2D eigenvalue weighted by Crippen LogP contribution is 2.26. The molecule has 1 unspecified atom stereocenters. The smallest absolute Gasteiger partial charge is 0.227 e. The monoisotopic (exact) mass is 278 g/mol. The number of aliphatic hydroxyl groups excluding tert-OH is 1. The molecule has 0 aromatic carbocycles. The van der Waals surface area contributed by atoms with Crippen molar-refractivity contribution < 1.29 is 5.11 Å². The second kappa shape index (κ2) is 6.39. The predicted molar refractivity (Wildman–Crippen MR) is 82.3 cm³/mol. The lowest BCUT2D eigenvalue weighted by molar-refractivity contribution is 0.0891. The average Bonchev–Trinajstić information content (AvgIpc) is 2.47. The maximum absolute atomic E-state index is 9.94. The van der Waals surface area contributed by atoms with Gasteiger partial charge in [0, 0.05) is 38.9 Å². The van der Waals surface area contributed by atoms with Gasteiger partial charge in [0.2, 0.25) is 5.95 Å². The summed E-state index contributed by atoms with van der Waals surface area (Å²) < 4.78 is 0. The molecule has 2 heterocycles. The van der Waals surface area contributed by atoms with Crippen LogP contribution in [0.15, 0.2) is 6.20 Å². The molecule has 0 aliphatic carbocycles. The SMILES string of the molecule is CCC(O)C1CCN(c2ncc(C)c(N(C)C)n2)CC1. The van der Waals surface area contributed by atoms with Crippen molar-refractivity contribution in [3.05, 3.63) is 11.8 Å². The Kier molecular flexibility index (Phi) is 4.81. The van der Waals surface area contributed by atoms with Crippen molar-refractivity contribution in [2.45, 2.75) is 39.2 Å². The molecule has 5 nitrogen and oxygen atoms in total. The molecule has 0 bridgehead atoms. The summed E-state index contributed by atoms with van der Waals surface area (Å²) in [5.74, 6) is 2.21. The number of hydrogen-bond donors (Lipinski definition) is 1. The molecule has 0 radical (unpaired) electrons. The Bertz CT molecular complexity index is 441. The summed E-state index contributed by atoms with van der Waals surface area (Å²) in [6.07, 6.45) is 4.61. The molecule has 1 fully saturated rings. The zero-order valence-corrected chi connectivity index (χ0v) is 13.0. The molecule has 0 amide bonds. The van der Waals surface area contributed by atoms with Crippen LogP contribution in [-0.4, -0.2) is 48.4 Å². The molecule has 2 rings (SSSR count). The van der Waals surface area contributed by atoms with Crippen molar-refractivity contribution in [3.63, 3.8) is 0 Å². The van der Waals surface area contributed by atoms with E-state index in [0.29, 0.717) is 5.92 Å². The van der Waals surface area contributed by atoms with Gasteiger partial charge in [-0.2, -0.15) is 4.98 Å². The lowest BCUT2D eigenvalue weighted by atomic mass is 9.90. The molecule has 1 aliphatic heterocycles. The third-order valence-electron chi connectivity index (χ3n) is 4.14. The van der Waals surface area contributed by atoms with Gasteiger partial charge in [-0.25, -0.2) is 4.98 Å². The fraction of sp³-hybridized carbons (Fsp3) is 0.733. The second-order valence-corrected chi connectivity index (χ2v) is 5.87. The minimum Gasteiger partial charge on any atom is -0.393 e. The fourth-order valence-electron chi connectivity index (χ4n) is 2.85. The van der Waals surface area contributed by atoms with E-state index in [1.165, 1.54) is 0 Å². The number of aryl methyl sites for hydroxylation is 1. The van der Waals surface area contributed by atoms with Gasteiger partial charge in [0.25, 0.3) is 0 Å². The van der Waals surface area contributed by atoms with Gasteiger partial charge >= 0.3 is 0 Å². The number of nitrogens with zero attached hydrogens (tertiary/aromatic N) is 4. The van der Waals surface area contributed by atoms with Crippen LogP contribution >= 0.6 is 0 Å². The maximum atomic E-state index is 9.94. The highest BCUT2D eigenvalue weighted by molar-refractivity contribution is 5.48. The Morgan fingerprint density at radius 1 is 1.40 bits per heavy atom. The lowest BCUT2D eigenvalue weighted by Crippen LogP contribution is -2.38. The summed E-state index contributed by atoms with van der Waals surface area (Å²) >= 11 is 0. The van der Waals surface area contributed by atoms with E-state index in [0.717, 1.165) is 49.7 Å². The first-order chi connectivity index (χ1) is 9.52. The molecule has 0 spiro atoms. The number of hydrogen-bond acceptors (Lipinski definition) is 5. The number of aliphatic hydroxyl groups is 1. The van der Waals surface area contributed by atoms with Crippen molar-refractivity contribution >= 4 is 11.8 Å². The van der Waals surface area contributed by atoms with Crippen LogP contribution in [0.25, 0.3) is 0 Å². The highest BCUT2D eigenvalue weighted by atomic mass is 16.3. The number of rotatable bonds is 4. The van der Waals surface area contributed by atoms with Crippen LogP contribution in [0.2, 0.25) is 0 Å². The van der Waals surface area contributed by atoms with Gasteiger partial charge in [-0.05, 0) is 32.1 Å². The van der Waals surface area contributed by atoms with Gasteiger partial charge in [0.1, 0.15) is 5.82 Å². The maximum Gasteiger partial charge on any atom is 0.227 e. The number of aromatic nitrogens is 2. The molecule has 1 N–H and O–H groups in total. The van der Waals surface area contributed by atoms with Crippen LogP contribution in [0, 0.1) is 12.8 Å². The predicted octanol–water partition coefficient (Wildman–Crippen LogP) is 1.84. The fourth-order valence-corrected chi connectivity index (χ4v) is 2.85. The van der Waals surface area contributed by atoms with Crippen LogP contribution in [0.5, 0.6) is 0 Å². The van der Waals surface area contributed by atoms with Crippen molar-refractivity contribution in [1.82, 2.24) is 9.97 Å². The standard InChI is InChI=1S/C15H26N4O/c1-5-13(20)12-6-8-19(9-7-12)15-16-10-11(2)14(17-15)18(3)4/h10,12-13,20H,5-9H2,1-4H3. The summed E-state index contributed by atoms with van der Waals surface area (Å²) in [6.45, 7) is 5.93. The van der Waals surface area contributed by atoms with Gasteiger partial charge in [-0.3, -0.25) is 0 Å². The van der Waals surface area contributed by atoms with E-state index in [1.807, 2.05) is 39.0 Å². The first-order valence-electron chi connectivity index (χ1n) is 7.47. The Hall–Kier alpha value is -1.36. The van der Waals surface area contributed by atoms with Crippen molar-refractivity contribution in [2.24, 2.45) is 5.92 Å². The van der Waals surface area contributed by atoms with E-state index in [9.17, 15) is 5.11 Å². The van der Waals surface area contributed by atoms with E-state index < -0.39 is 0 Å². The lowest BCUT2D eigenvalue weighted by Gasteiger charge is -2.34. The van der Waals surface area contributed by atoms with E-state index >= 15 is 0 Å². The van der Waals surface area contributed by atoms with Gasteiger partial charge in [0.15, 0.2) is 0 Å². The average molecular weight is 278 g/mol. The Balaban J connectivity index is 2.05. The second-order valence-electron chi connectivity index (χ2n) is 5.87. The molecule has 1 atom stereocenters. The van der Waals surface area contributed by atoms with E-state index in [2.05, 4.69) is 14.9 Å². The topological polar surface area (TPSA) is 52.5 Å². The highest BCUT2D eigenvalue weighted by Gasteiger charge is 2.25. The minimum atomic E-state index is -0.159.